The van der Waals surface area contributed by atoms with E-state index in [2.05, 4.69) is 42.7 Å². The number of thiazole rings is 1. The molecular weight excluding hydrogens is 380 g/mol. The van der Waals surface area contributed by atoms with Gasteiger partial charge in [-0.15, -0.1) is 11.3 Å². The molecule has 5 heteroatoms. The monoisotopic (exact) mass is 404 g/mol. The lowest BCUT2D eigenvalue weighted by Gasteiger charge is -2.06. The van der Waals surface area contributed by atoms with Crippen LogP contribution in [0.5, 0.6) is 5.75 Å². The molecule has 29 heavy (non-hydrogen) atoms. The molecule has 0 atom stereocenters. The summed E-state index contributed by atoms with van der Waals surface area (Å²) in [5.41, 5.74) is 5.18. The normalized spacial score (nSPS) is 11.2. The zero-order valence-electron chi connectivity index (χ0n) is 17.4. The maximum atomic E-state index is 12.8. The van der Waals surface area contributed by atoms with E-state index in [1.54, 1.807) is 23.5 Å². The van der Waals surface area contributed by atoms with E-state index in [0.717, 1.165) is 43.8 Å². The number of rotatable bonds is 4. The average Bonchev–Trinajstić information content (AvgIpc) is 3.11. The van der Waals surface area contributed by atoms with Crippen LogP contribution in [-0.2, 0) is 0 Å². The second kappa shape index (κ2) is 7.48. The highest BCUT2D eigenvalue weighted by Gasteiger charge is 2.21. The molecule has 0 aliphatic rings. The molecule has 0 saturated heterocycles. The Bertz CT molecular complexity index is 1270. The third-order valence-electron chi connectivity index (χ3n) is 5.23. The van der Waals surface area contributed by atoms with Crippen LogP contribution in [0.25, 0.3) is 27.2 Å². The van der Waals surface area contributed by atoms with Crippen LogP contribution >= 0.6 is 11.3 Å². The smallest absolute Gasteiger partial charge is 0.194 e. The minimum Gasteiger partial charge on any atom is -0.493 e. The van der Waals surface area contributed by atoms with E-state index in [1.807, 2.05) is 26.8 Å². The summed E-state index contributed by atoms with van der Waals surface area (Å²) in [5.74, 6) is 0.732. The first-order valence-electron chi connectivity index (χ1n) is 9.75. The SMILES string of the molecule is CCOc1cccc(=O)c2c(C)n(-c3nc(-c4ccc(C)cc4)c(C)s3)c(C)c12. The van der Waals surface area contributed by atoms with Crippen molar-refractivity contribution in [3.8, 4) is 22.1 Å². The fraction of sp³-hybridized carbons (Fsp3) is 0.250. The van der Waals surface area contributed by atoms with Gasteiger partial charge in [-0.05, 0) is 46.8 Å². The molecule has 148 valence electrons. The third-order valence-corrected chi connectivity index (χ3v) is 6.19. The summed E-state index contributed by atoms with van der Waals surface area (Å²) >= 11 is 1.64. The van der Waals surface area contributed by atoms with Gasteiger partial charge < -0.3 is 4.74 Å². The molecule has 2 aromatic heterocycles. The molecule has 0 bridgehead atoms. The van der Waals surface area contributed by atoms with Crippen molar-refractivity contribution >= 4 is 22.1 Å². The van der Waals surface area contributed by atoms with Crippen molar-refractivity contribution < 1.29 is 4.74 Å². The van der Waals surface area contributed by atoms with Crippen LogP contribution in [0.1, 0.15) is 28.8 Å². The second-order valence-electron chi connectivity index (χ2n) is 7.21. The highest BCUT2D eigenvalue weighted by molar-refractivity contribution is 7.14. The molecule has 0 aliphatic heterocycles. The largest absolute Gasteiger partial charge is 0.493 e. The number of ether oxygens (including phenoxy) is 1. The summed E-state index contributed by atoms with van der Waals surface area (Å²) in [5, 5.41) is 2.43. The van der Waals surface area contributed by atoms with Crippen LogP contribution in [0.2, 0.25) is 0 Å². The highest BCUT2D eigenvalue weighted by atomic mass is 32.1. The summed E-state index contributed by atoms with van der Waals surface area (Å²) < 4.78 is 7.95. The standard InChI is InChI=1S/C24H24N2O2S/c1-6-28-20-9-7-8-19(27)21-15(3)26(16(4)22(20)21)24-25-23(17(5)29-24)18-12-10-14(2)11-13-18/h7-13H,6H2,1-5H3. The summed E-state index contributed by atoms with van der Waals surface area (Å²) in [4.78, 5) is 18.9. The number of hydrogen-bond donors (Lipinski definition) is 0. The van der Waals surface area contributed by atoms with E-state index in [0.29, 0.717) is 12.0 Å². The number of aromatic nitrogens is 2. The van der Waals surface area contributed by atoms with Crippen LogP contribution < -0.4 is 10.2 Å². The minimum absolute atomic E-state index is 0.00246. The van der Waals surface area contributed by atoms with Crippen molar-refractivity contribution in [3.05, 3.63) is 74.5 Å². The Hall–Kier alpha value is -2.92. The summed E-state index contributed by atoms with van der Waals surface area (Å²) in [6, 6.07) is 13.7. The molecule has 0 spiro atoms. The molecule has 2 heterocycles. The van der Waals surface area contributed by atoms with E-state index in [-0.39, 0.29) is 5.43 Å². The maximum absolute atomic E-state index is 12.8. The molecule has 0 radical (unpaired) electrons. The Morgan fingerprint density at radius 3 is 2.34 bits per heavy atom. The first-order chi connectivity index (χ1) is 13.9. The van der Waals surface area contributed by atoms with Crippen molar-refractivity contribution in [2.75, 3.05) is 6.61 Å². The van der Waals surface area contributed by atoms with Gasteiger partial charge in [-0.3, -0.25) is 9.36 Å². The van der Waals surface area contributed by atoms with Gasteiger partial charge in [-0.2, -0.15) is 0 Å². The Kier molecular flexibility index (Phi) is 5.01. The first kappa shape index (κ1) is 19.4. The van der Waals surface area contributed by atoms with E-state index < -0.39 is 0 Å². The second-order valence-corrected chi connectivity index (χ2v) is 8.39. The Labute approximate surface area is 174 Å². The molecule has 0 saturated carbocycles. The summed E-state index contributed by atoms with van der Waals surface area (Å²) in [6.45, 7) is 10.7. The molecule has 4 nitrogen and oxygen atoms in total. The quantitative estimate of drug-likeness (QED) is 0.435. The zero-order chi connectivity index (χ0) is 20.7. The summed E-state index contributed by atoms with van der Waals surface area (Å²) in [6.07, 6.45) is 0. The predicted molar refractivity (Wildman–Crippen MR) is 121 cm³/mol. The third kappa shape index (κ3) is 3.25. The predicted octanol–water partition coefficient (Wildman–Crippen LogP) is 5.75. The van der Waals surface area contributed by atoms with Crippen LogP contribution in [0.4, 0.5) is 0 Å². The van der Waals surface area contributed by atoms with Gasteiger partial charge in [0.25, 0.3) is 0 Å². The Morgan fingerprint density at radius 1 is 0.966 bits per heavy atom. The molecule has 2 aromatic carbocycles. The van der Waals surface area contributed by atoms with E-state index in [9.17, 15) is 4.79 Å². The van der Waals surface area contributed by atoms with Gasteiger partial charge in [-0.1, -0.05) is 35.9 Å². The van der Waals surface area contributed by atoms with Crippen molar-refractivity contribution in [1.29, 1.82) is 0 Å². The molecule has 4 rings (SSSR count). The first-order valence-corrected chi connectivity index (χ1v) is 10.6. The lowest BCUT2D eigenvalue weighted by atomic mass is 10.1. The van der Waals surface area contributed by atoms with E-state index >= 15 is 0 Å². The number of nitrogens with zero attached hydrogens (tertiary/aromatic N) is 2. The van der Waals surface area contributed by atoms with Crippen molar-refractivity contribution in [1.82, 2.24) is 9.55 Å². The van der Waals surface area contributed by atoms with Crippen molar-refractivity contribution in [3.63, 3.8) is 0 Å². The maximum Gasteiger partial charge on any atom is 0.194 e. The molecule has 0 aliphatic carbocycles. The van der Waals surface area contributed by atoms with Gasteiger partial charge in [0.2, 0.25) is 0 Å². The van der Waals surface area contributed by atoms with Crippen molar-refractivity contribution in [2.24, 2.45) is 0 Å². The van der Waals surface area contributed by atoms with Gasteiger partial charge in [0.05, 0.1) is 17.7 Å². The lowest BCUT2D eigenvalue weighted by molar-refractivity contribution is 0.344. The highest BCUT2D eigenvalue weighted by Crippen LogP contribution is 2.36. The lowest BCUT2D eigenvalue weighted by Crippen LogP contribution is -2.00. The molecular formula is C24H24N2O2S. The molecule has 0 fully saturated rings. The number of aryl methyl sites for hydroxylation is 4. The average molecular weight is 405 g/mol. The van der Waals surface area contributed by atoms with Crippen LogP contribution in [0.15, 0.2) is 47.3 Å². The Morgan fingerprint density at radius 2 is 1.66 bits per heavy atom. The van der Waals surface area contributed by atoms with Gasteiger partial charge in [0.1, 0.15) is 5.75 Å². The molecule has 0 amide bonds. The summed E-state index contributed by atoms with van der Waals surface area (Å²) in [7, 11) is 0. The van der Waals surface area contributed by atoms with Crippen LogP contribution in [-0.4, -0.2) is 16.2 Å². The fourth-order valence-corrected chi connectivity index (χ4v) is 4.89. The number of fused-ring (bicyclic) bond motifs is 1. The van der Waals surface area contributed by atoms with E-state index in [4.69, 9.17) is 9.72 Å². The van der Waals surface area contributed by atoms with Gasteiger partial charge >= 0.3 is 0 Å². The number of benzene rings is 1. The van der Waals surface area contributed by atoms with Crippen LogP contribution in [0.3, 0.4) is 0 Å². The van der Waals surface area contributed by atoms with Gasteiger partial charge in [-0.25, -0.2) is 4.98 Å². The number of hydrogen-bond acceptors (Lipinski definition) is 4. The van der Waals surface area contributed by atoms with Gasteiger partial charge in [0.15, 0.2) is 10.6 Å². The molecule has 0 N–H and O–H groups in total. The van der Waals surface area contributed by atoms with Gasteiger partial charge in [0, 0.05) is 27.2 Å². The van der Waals surface area contributed by atoms with E-state index in [1.165, 1.54) is 5.56 Å². The zero-order valence-corrected chi connectivity index (χ0v) is 18.2. The van der Waals surface area contributed by atoms with Crippen molar-refractivity contribution in [2.45, 2.75) is 34.6 Å². The fourth-order valence-electron chi connectivity index (χ4n) is 3.85. The van der Waals surface area contributed by atoms with Crippen LogP contribution in [0, 0.1) is 27.7 Å². The molecule has 4 aromatic rings. The molecule has 0 unspecified atom stereocenters. The topological polar surface area (TPSA) is 44.1 Å². The Balaban J connectivity index is 1.97. The minimum atomic E-state index is -0.00246.